The molecule has 18 heavy (non-hydrogen) atoms. The van der Waals surface area contributed by atoms with Crippen LogP contribution in [-0.2, 0) is 0 Å². The number of aromatic amines is 1. The Kier molecular flexibility index (Phi) is 3.14. The summed E-state index contributed by atoms with van der Waals surface area (Å²) in [4.78, 5) is 27.0. The van der Waals surface area contributed by atoms with Crippen LogP contribution in [-0.4, -0.2) is 23.0 Å². The van der Waals surface area contributed by atoms with Crippen molar-refractivity contribution in [3.63, 3.8) is 0 Å². The number of phenolic OH excluding ortho intramolecular Hbond substituents is 1. The van der Waals surface area contributed by atoms with E-state index in [4.69, 9.17) is 0 Å². The molecule has 0 radical (unpaired) electrons. The Morgan fingerprint density at radius 1 is 1.22 bits per heavy atom. The monoisotopic (exact) mass is 244 g/mol. The molecule has 0 saturated carbocycles. The first-order chi connectivity index (χ1) is 8.58. The Labute approximate surface area is 103 Å². The van der Waals surface area contributed by atoms with Gasteiger partial charge in [-0.1, -0.05) is 12.1 Å². The molecule has 5 heteroatoms. The molecule has 1 aromatic heterocycles. The molecule has 0 saturated heterocycles. The molecule has 0 fully saturated rings. The number of nitrogens with zero attached hydrogens (tertiary/aromatic N) is 1. The van der Waals surface area contributed by atoms with Gasteiger partial charge >= 0.3 is 0 Å². The number of benzene rings is 1. The zero-order valence-electron chi connectivity index (χ0n) is 9.75. The molecule has 0 aliphatic rings. The predicted octanol–water partition coefficient (Wildman–Crippen LogP) is 1.36. The molecule has 0 aliphatic carbocycles. The number of H-pyrrole nitrogens is 1. The quantitative estimate of drug-likeness (QED) is 0.837. The van der Waals surface area contributed by atoms with Gasteiger partial charge in [0.15, 0.2) is 0 Å². The van der Waals surface area contributed by atoms with Crippen LogP contribution in [0.4, 0.5) is 5.69 Å². The third-order valence-electron chi connectivity index (χ3n) is 2.52. The molecule has 1 amide bonds. The van der Waals surface area contributed by atoms with Gasteiger partial charge in [-0.2, -0.15) is 0 Å². The van der Waals surface area contributed by atoms with Crippen molar-refractivity contribution < 1.29 is 9.90 Å². The van der Waals surface area contributed by atoms with Gasteiger partial charge in [0.25, 0.3) is 5.91 Å². The van der Waals surface area contributed by atoms with E-state index in [2.05, 4.69) is 4.98 Å². The molecule has 0 bridgehead atoms. The Balaban J connectivity index is 2.32. The second-order valence-corrected chi connectivity index (χ2v) is 3.81. The number of pyridine rings is 1. The maximum atomic E-state index is 12.1. The van der Waals surface area contributed by atoms with E-state index in [-0.39, 0.29) is 22.9 Å². The average molecular weight is 244 g/mol. The second-order valence-electron chi connectivity index (χ2n) is 3.81. The molecular formula is C13H12N2O3. The van der Waals surface area contributed by atoms with Crippen LogP contribution >= 0.6 is 0 Å². The van der Waals surface area contributed by atoms with Crippen LogP contribution in [0, 0.1) is 0 Å². The van der Waals surface area contributed by atoms with Crippen LogP contribution < -0.4 is 10.5 Å². The molecule has 0 atom stereocenters. The van der Waals surface area contributed by atoms with Gasteiger partial charge < -0.3 is 15.0 Å². The highest BCUT2D eigenvalue weighted by molar-refractivity contribution is 6.04. The van der Waals surface area contributed by atoms with Crippen molar-refractivity contribution in [3.05, 3.63) is 58.5 Å². The maximum Gasteiger partial charge on any atom is 0.274 e. The van der Waals surface area contributed by atoms with Crippen molar-refractivity contribution in [3.8, 4) is 5.75 Å². The summed E-state index contributed by atoms with van der Waals surface area (Å²) in [5.74, 6) is -0.271. The number of rotatable bonds is 2. The number of hydrogen-bond donors (Lipinski definition) is 2. The van der Waals surface area contributed by atoms with Crippen molar-refractivity contribution in [1.82, 2.24) is 4.98 Å². The summed E-state index contributed by atoms with van der Waals surface area (Å²) in [7, 11) is 1.57. The molecule has 0 spiro atoms. The number of carbonyl (C=O) groups excluding carboxylic acids is 1. The molecule has 2 aromatic rings. The normalized spacial score (nSPS) is 10.1. The zero-order valence-corrected chi connectivity index (χ0v) is 9.75. The van der Waals surface area contributed by atoms with E-state index in [9.17, 15) is 14.7 Å². The van der Waals surface area contributed by atoms with Gasteiger partial charge in [-0.3, -0.25) is 9.59 Å². The van der Waals surface area contributed by atoms with Crippen molar-refractivity contribution in [2.24, 2.45) is 0 Å². The standard InChI is InChI=1S/C13H12N2O3/c1-15(9-4-2-5-10(16)8-9)13(18)11-6-3-7-12(17)14-11/h2-8,16H,1H3,(H,14,17). The van der Waals surface area contributed by atoms with E-state index in [0.717, 1.165) is 0 Å². The molecule has 1 aromatic carbocycles. The minimum atomic E-state index is -0.349. The molecule has 5 nitrogen and oxygen atoms in total. The van der Waals surface area contributed by atoms with E-state index < -0.39 is 0 Å². The van der Waals surface area contributed by atoms with E-state index in [1.807, 2.05) is 0 Å². The minimum Gasteiger partial charge on any atom is -0.508 e. The lowest BCUT2D eigenvalue weighted by atomic mass is 10.2. The minimum absolute atomic E-state index is 0.0775. The van der Waals surface area contributed by atoms with Gasteiger partial charge in [-0.05, 0) is 18.2 Å². The molecule has 0 aliphatic heterocycles. The number of nitrogens with one attached hydrogen (secondary N) is 1. The summed E-state index contributed by atoms with van der Waals surface area (Å²) >= 11 is 0. The Hall–Kier alpha value is -2.56. The summed E-state index contributed by atoms with van der Waals surface area (Å²) < 4.78 is 0. The lowest BCUT2D eigenvalue weighted by Crippen LogP contribution is -2.28. The van der Waals surface area contributed by atoms with Gasteiger partial charge in [0.05, 0.1) is 0 Å². The van der Waals surface area contributed by atoms with Crippen LogP contribution in [0.1, 0.15) is 10.5 Å². The lowest BCUT2D eigenvalue weighted by Gasteiger charge is -2.17. The summed E-state index contributed by atoms with van der Waals surface area (Å²) in [6.07, 6.45) is 0. The van der Waals surface area contributed by atoms with Crippen molar-refractivity contribution in [2.45, 2.75) is 0 Å². The topological polar surface area (TPSA) is 73.4 Å². The molecule has 92 valence electrons. The highest BCUT2D eigenvalue weighted by atomic mass is 16.3. The predicted molar refractivity (Wildman–Crippen MR) is 67.9 cm³/mol. The zero-order chi connectivity index (χ0) is 13.1. The number of aromatic hydroxyl groups is 1. The summed E-state index contributed by atoms with van der Waals surface area (Å²) in [6.45, 7) is 0. The second kappa shape index (κ2) is 4.75. The number of carbonyl (C=O) groups is 1. The van der Waals surface area contributed by atoms with Gasteiger partial charge in [-0.25, -0.2) is 0 Å². The fraction of sp³-hybridized carbons (Fsp3) is 0.0769. The van der Waals surface area contributed by atoms with Gasteiger partial charge in [-0.15, -0.1) is 0 Å². The van der Waals surface area contributed by atoms with Crippen LogP contribution in [0.5, 0.6) is 5.75 Å². The van der Waals surface area contributed by atoms with Crippen LogP contribution in [0.3, 0.4) is 0 Å². The first-order valence-electron chi connectivity index (χ1n) is 5.34. The summed E-state index contributed by atoms with van der Waals surface area (Å²) in [5.41, 5.74) is 0.420. The van der Waals surface area contributed by atoms with E-state index in [1.165, 1.54) is 35.2 Å². The third-order valence-corrected chi connectivity index (χ3v) is 2.52. The Bertz CT molecular complexity index is 634. The van der Waals surface area contributed by atoms with E-state index in [1.54, 1.807) is 19.2 Å². The number of anilines is 1. The van der Waals surface area contributed by atoms with Crippen LogP contribution in [0.2, 0.25) is 0 Å². The highest BCUT2D eigenvalue weighted by Gasteiger charge is 2.14. The largest absolute Gasteiger partial charge is 0.508 e. The first-order valence-corrected chi connectivity index (χ1v) is 5.34. The third kappa shape index (κ3) is 2.40. The fourth-order valence-corrected chi connectivity index (χ4v) is 1.57. The lowest BCUT2D eigenvalue weighted by molar-refractivity contribution is 0.0988. The fourth-order valence-electron chi connectivity index (χ4n) is 1.57. The number of aromatic nitrogens is 1. The number of amides is 1. The van der Waals surface area contributed by atoms with E-state index >= 15 is 0 Å². The van der Waals surface area contributed by atoms with Crippen molar-refractivity contribution >= 4 is 11.6 Å². The highest BCUT2D eigenvalue weighted by Crippen LogP contribution is 2.19. The van der Waals surface area contributed by atoms with Gasteiger partial charge in [0, 0.05) is 24.9 Å². The molecular weight excluding hydrogens is 232 g/mol. The average Bonchev–Trinajstić information content (AvgIpc) is 2.37. The van der Waals surface area contributed by atoms with Crippen molar-refractivity contribution in [2.75, 3.05) is 11.9 Å². The van der Waals surface area contributed by atoms with Crippen molar-refractivity contribution in [1.29, 1.82) is 0 Å². The molecule has 2 rings (SSSR count). The Morgan fingerprint density at radius 2 is 1.94 bits per heavy atom. The van der Waals surface area contributed by atoms with Gasteiger partial charge in [0.1, 0.15) is 11.4 Å². The van der Waals surface area contributed by atoms with Crippen LogP contribution in [0.15, 0.2) is 47.3 Å². The molecule has 1 heterocycles. The molecule has 2 N–H and O–H groups in total. The maximum absolute atomic E-state index is 12.1. The first kappa shape index (κ1) is 11.9. The Morgan fingerprint density at radius 3 is 2.61 bits per heavy atom. The molecule has 0 unspecified atom stereocenters. The summed E-state index contributed by atoms with van der Waals surface area (Å²) in [6, 6.07) is 10.7. The smallest absolute Gasteiger partial charge is 0.274 e. The summed E-state index contributed by atoms with van der Waals surface area (Å²) in [5, 5.41) is 9.36. The van der Waals surface area contributed by atoms with E-state index in [0.29, 0.717) is 5.69 Å². The van der Waals surface area contributed by atoms with Gasteiger partial charge in [0.2, 0.25) is 5.56 Å². The van der Waals surface area contributed by atoms with Crippen LogP contribution in [0.25, 0.3) is 0 Å². The number of phenols is 1. The SMILES string of the molecule is CN(C(=O)c1cccc(=O)[nH]1)c1cccc(O)c1. The number of hydrogen-bond acceptors (Lipinski definition) is 3.